The minimum atomic E-state index is -1.12. The Bertz CT molecular complexity index is 3320. The van der Waals surface area contributed by atoms with Gasteiger partial charge >= 0.3 is 5.97 Å². The predicted octanol–water partition coefficient (Wildman–Crippen LogP) is 10.6. The van der Waals surface area contributed by atoms with Crippen LogP contribution in [0.1, 0.15) is 61.5 Å². The van der Waals surface area contributed by atoms with Gasteiger partial charge in [-0.05, 0) is 92.9 Å². The third-order valence-corrected chi connectivity index (χ3v) is 13.3. The summed E-state index contributed by atoms with van der Waals surface area (Å²) in [5.74, 6) is -1.94. The quantitative estimate of drug-likeness (QED) is 0.135. The molecule has 2 N–H and O–H groups in total. The van der Waals surface area contributed by atoms with Crippen LogP contribution in [-0.2, 0) is 13.1 Å². The third-order valence-electron chi connectivity index (χ3n) is 12.0. The fourth-order valence-corrected chi connectivity index (χ4v) is 9.86. The zero-order valence-corrected chi connectivity index (χ0v) is 38.6. The van der Waals surface area contributed by atoms with Crippen LogP contribution in [0.2, 0.25) is 0 Å². The van der Waals surface area contributed by atoms with E-state index in [2.05, 4.69) is 55.0 Å². The molecule has 0 bridgehead atoms. The van der Waals surface area contributed by atoms with Crippen molar-refractivity contribution in [3.63, 3.8) is 0 Å². The smallest absolute Gasteiger partial charge is 0.356 e. The summed E-state index contributed by atoms with van der Waals surface area (Å²) in [4.78, 5) is 37.0. The number of nitrogens with zero attached hydrogens (tertiary/aromatic N) is 11. The van der Waals surface area contributed by atoms with Crippen LogP contribution in [0.25, 0.3) is 55.0 Å². The molecule has 71 heavy (non-hydrogen) atoms. The largest absolute Gasteiger partial charge is 0.476 e. The summed E-state index contributed by atoms with van der Waals surface area (Å²) in [6.07, 6.45) is 8.41. The summed E-state index contributed by atoms with van der Waals surface area (Å²) >= 11 is 2.61. The number of hydrogen-bond donors (Lipinski definition) is 2. The van der Waals surface area contributed by atoms with Gasteiger partial charge in [0.1, 0.15) is 34.0 Å². The number of likely N-dealkylation sites (tertiary alicyclic amines) is 1. The van der Waals surface area contributed by atoms with E-state index in [-0.39, 0.29) is 44.1 Å². The molecule has 0 saturated carbocycles. The van der Waals surface area contributed by atoms with Gasteiger partial charge in [0.25, 0.3) is 5.91 Å². The highest BCUT2D eigenvalue weighted by Gasteiger charge is 2.34. The van der Waals surface area contributed by atoms with Gasteiger partial charge < -0.3 is 15.3 Å². The zero-order chi connectivity index (χ0) is 47.3. The first kappa shape index (κ1) is 49.7. The number of aromatic carboxylic acids is 1. The van der Waals surface area contributed by atoms with E-state index in [0.29, 0.717) is 57.3 Å². The molecular formula is C52H52F2N12O3S2. The van der Waals surface area contributed by atoms with Gasteiger partial charge in [0.05, 0.1) is 30.5 Å². The van der Waals surface area contributed by atoms with E-state index >= 15 is 0 Å². The maximum atomic E-state index is 13.8. The number of hydrogen-bond acceptors (Lipinski definition) is 11. The fraction of sp³-hybridized carbons (Fsp3) is 0.231. The minimum absolute atomic E-state index is 0. The number of benzene rings is 4. The van der Waals surface area contributed by atoms with Crippen molar-refractivity contribution in [3.8, 4) is 45.0 Å². The molecule has 2 fully saturated rings. The van der Waals surface area contributed by atoms with Crippen molar-refractivity contribution in [1.82, 2.24) is 59.0 Å². The normalized spacial score (nSPS) is 15.1. The first-order valence-electron chi connectivity index (χ1n) is 22.4. The number of carboxylic acids is 1. The van der Waals surface area contributed by atoms with Crippen LogP contribution in [0.3, 0.4) is 0 Å². The molecule has 2 atom stereocenters. The van der Waals surface area contributed by atoms with E-state index in [1.807, 2.05) is 75.1 Å². The molecule has 4 aromatic carbocycles. The predicted molar refractivity (Wildman–Crippen MR) is 273 cm³/mol. The highest BCUT2D eigenvalue weighted by atomic mass is 32.1. The SMILES string of the molecule is C.C.O=C(O)c1c(-c2ccc(F)cc2)nc2scnn12.O=C(c1c(-c2ccc(F)cc2)nc2scnn12)N1CCC[C@H]1Cn1ccc(-c2ccccc2)n1.c1ccc(-c2ccn(C[C@@H]3CCCN3)n2)cc1. The summed E-state index contributed by atoms with van der Waals surface area (Å²) < 4.78 is 33.2. The highest BCUT2D eigenvalue weighted by molar-refractivity contribution is 7.15. The third kappa shape index (κ3) is 11.0. The van der Waals surface area contributed by atoms with Gasteiger partial charge in [0.2, 0.25) is 9.92 Å². The summed E-state index contributed by atoms with van der Waals surface area (Å²) in [5, 5.41) is 30.3. The van der Waals surface area contributed by atoms with Crippen molar-refractivity contribution in [2.45, 2.75) is 65.7 Å². The lowest BCUT2D eigenvalue weighted by Crippen LogP contribution is -2.39. The standard InChI is InChI=1S/C25H21FN6OS.C14H17N3.C11H6FN3O2S.2CH4/c26-19-10-8-18(9-11-19)22-23(32-25(28-22)34-16-27-32)24(33)31-13-4-7-20(31)15-30-14-12-21(29-30)17-5-2-1-3-6-17;1-2-5-12(6-3-1)14-8-10-17(16-14)11-13-7-4-9-15-13;12-7-3-1-6(2-4-7)8-9(10(16)17)15-11(14-8)18-5-13-15;;/h1-3,5-6,8-12,14,16,20H,4,7,13,15H2;1-3,5-6,8,10,13,15H,4,7,9,11H2;1-5H,(H,16,17);2*1H4/t20-;13-;;;/m00.../s1. The number of rotatable bonds is 10. The van der Waals surface area contributed by atoms with Gasteiger partial charge in [-0.1, -0.05) is 98.2 Å². The van der Waals surface area contributed by atoms with E-state index in [1.54, 1.807) is 22.2 Å². The van der Waals surface area contributed by atoms with Crippen LogP contribution in [0, 0.1) is 11.6 Å². The molecule has 6 aromatic heterocycles. The molecule has 10 aromatic rings. The number of nitrogens with one attached hydrogen (secondary N) is 1. The van der Waals surface area contributed by atoms with Crippen molar-refractivity contribution in [3.05, 3.63) is 168 Å². The zero-order valence-electron chi connectivity index (χ0n) is 36.9. The Morgan fingerprint density at radius 2 is 1.13 bits per heavy atom. The Morgan fingerprint density at radius 3 is 1.63 bits per heavy atom. The molecular weight excluding hydrogens is 943 g/mol. The van der Waals surface area contributed by atoms with E-state index in [4.69, 9.17) is 5.10 Å². The number of halogens is 2. The van der Waals surface area contributed by atoms with Crippen LogP contribution in [0.5, 0.6) is 0 Å². The van der Waals surface area contributed by atoms with Crippen LogP contribution in [0.4, 0.5) is 8.78 Å². The van der Waals surface area contributed by atoms with Crippen molar-refractivity contribution >= 4 is 44.5 Å². The van der Waals surface area contributed by atoms with Gasteiger partial charge in [0.15, 0.2) is 11.4 Å². The van der Waals surface area contributed by atoms with Gasteiger partial charge in [-0.3, -0.25) is 14.2 Å². The molecule has 2 saturated heterocycles. The molecule has 12 rings (SSSR count). The summed E-state index contributed by atoms with van der Waals surface area (Å²) in [6, 6.07) is 36.6. The second-order valence-corrected chi connectivity index (χ2v) is 18.1. The average molecular weight is 995 g/mol. The molecule has 19 heteroatoms. The molecule has 0 aliphatic carbocycles. The first-order chi connectivity index (χ1) is 33.8. The van der Waals surface area contributed by atoms with Crippen molar-refractivity contribution in [1.29, 1.82) is 0 Å². The lowest BCUT2D eigenvalue weighted by Gasteiger charge is -2.24. The first-order valence-corrected chi connectivity index (χ1v) is 24.1. The van der Waals surface area contributed by atoms with Crippen LogP contribution >= 0.6 is 22.7 Å². The van der Waals surface area contributed by atoms with E-state index in [0.717, 1.165) is 42.9 Å². The molecule has 8 heterocycles. The fourth-order valence-electron chi connectivity index (χ4n) is 8.62. The number of carbonyl (C=O) groups is 2. The van der Waals surface area contributed by atoms with Crippen molar-refractivity contribution in [2.24, 2.45) is 0 Å². The van der Waals surface area contributed by atoms with Gasteiger partial charge in [-0.2, -0.15) is 29.4 Å². The number of carbonyl (C=O) groups excluding carboxylic acids is 1. The maximum absolute atomic E-state index is 13.8. The van der Waals surface area contributed by atoms with Crippen LogP contribution in [-0.4, -0.2) is 95.8 Å². The topological polar surface area (TPSA) is 166 Å². The number of aromatic nitrogens is 10. The lowest BCUT2D eigenvalue weighted by atomic mass is 10.1. The van der Waals surface area contributed by atoms with Crippen LogP contribution in [0.15, 0.2) is 145 Å². The molecule has 15 nitrogen and oxygen atoms in total. The molecule has 2 aliphatic rings. The van der Waals surface area contributed by atoms with Crippen LogP contribution < -0.4 is 5.32 Å². The number of imidazole rings is 2. The van der Waals surface area contributed by atoms with Gasteiger partial charge in [-0.15, -0.1) is 0 Å². The molecule has 0 unspecified atom stereocenters. The Balaban J connectivity index is 0.000000155. The van der Waals surface area contributed by atoms with Gasteiger partial charge in [0, 0.05) is 47.2 Å². The van der Waals surface area contributed by atoms with E-state index in [9.17, 15) is 23.5 Å². The van der Waals surface area contributed by atoms with E-state index in [1.165, 1.54) is 87.5 Å². The second-order valence-electron chi connectivity index (χ2n) is 16.5. The Kier molecular flexibility index (Phi) is 15.6. The Morgan fingerprint density at radius 1 is 0.620 bits per heavy atom. The van der Waals surface area contributed by atoms with Gasteiger partial charge in [-0.25, -0.2) is 23.5 Å². The van der Waals surface area contributed by atoms with E-state index < -0.39 is 5.97 Å². The molecule has 2 aliphatic heterocycles. The molecule has 364 valence electrons. The number of fused-ring (bicyclic) bond motifs is 2. The molecule has 1 amide bonds. The molecule has 0 spiro atoms. The Hall–Kier alpha value is -7.74. The molecule has 0 radical (unpaired) electrons. The summed E-state index contributed by atoms with van der Waals surface area (Å²) in [5.41, 5.74) is 9.87. The minimum Gasteiger partial charge on any atom is -0.476 e. The highest BCUT2D eigenvalue weighted by Crippen LogP contribution is 2.31. The maximum Gasteiger partial charge on any atom is 0.356 e. The monoisotopic (exact) mass is 994 g/mol. The van der Waals surface area contributed by atoms with Crippen molar-refractivity contribution < 1.29 is 23.5 Å². The summed E-state index contributed by atoms with van der Waals surface area (Å²) in [6.45, 7) is 3.41. The Labute approximate surface area is 416 Å². The number of amides is 1. The lowest BCUT2D eigenvalue weighted by molar-refractivity contribution is 0.0686. The number of carboxylic acid groups (broad SMARTS) is 1. The average Bonchev–Trinajstić information content (AvgIpc) is 4.22. The summed E-state index contributed by atoms with van der Waals surface area (Å²) in [7, 11) is 0. The second kappa shape index (κ2) is 22.3. The van der Waals surface area contributed by atoms with Crippen molar-refractivity contribution in [2.75, 3.05) is 13.1 Å².